The summed E-state index contributed by atoms with van der Waals surface area (Å²) < 4.78 is 34.4. The lowest BCUT2D eigenvalue weighted by molar-refractivity contribution is -0.129. The molecule has 0 bridgehead atoms. The molecule has 3 N–H and O–H groups in total. The van der Waals surface area contributed by atoms with Crippen molar-refractivity contribution in [3.05, 3.63) is 0 Å². The molecule has 23 heavy (non-hydrogen) atoms. The van der Waals surface area contributed by atoms with E-state index in [1.807, 2.05) is 39.2 Å². The highest BCUT2D eigenvalue weighted by Crippen LogP contribution is 2.43. The van der Waals surface area contributed by atoms with E-state index in [2.05, 4.69) is 5.32 Å². The summed E-state index contributed by atoms with van der Waals surface area (Å²) in [4.78, 5) is 10.5. The largest absolute Gasteiger partial charge is 0.465 e. The molecule has 5 nitrogen and oxygen atoms in total. The molecule has 0 spiro atoms. The van der Waals surface area contributed by atoms with E-state index in [1.165, 1.54) is 0 Å². The van der Waals surface area contributed by atoms with E-state index in [1.54, 1.807) is 0 Å². The van der Waals surface area contributed by atoms with E-state index in [4.69, 9.17) is 21.8 Å². The Hall–Kier alpha value is -0.803. The van der Waals surface area contributed by atoms with Crippen LogP contribution in [0.5, 0.6) is 0 Å². The highest BCUT2D eigenvalue weighted by atomic mass is 32.1. The van der Waals surface area contributed by atoms with Crippen LogP contribution in [0.1, 0.15) is 40.0 Å². The molecule has 0 radical (unpaired) electrons. The van der Waals surface area contributed by atoms with Crippen molar-refractivity contribution in [3.63, 3.8) is 0 Å². The maximum Gasteiger partial charge on any atom is 0.410 e. The lowest BCUT2D eigenvalue weighted by atomic mass is 9.90. The molecule has 1 rings (SSSR count). The molecule has 1 saturated carbocycles. The minimum atomic E-state index is -2.88. The highest BCUT2D eigenvalue weighted by molar-refractivity contribution is 7.80. The first kappa shape index (κ1) is 20.2. The Morgan fingerprint density at radius 3 is 2.43 bits per heavy atom. The van der Waals surface area contributed by atoms with Crippen LogP contribution in [0.25, 0.3) is 0 Å². The molecular weight excluding hydrogens is 342 g/mol. The van der Waals surface area contributed by atoms with Gasteiger partial charge in [0.1, 0.15) is 6.10 Å². The molecule has 0 aromatic carbocycles. The van der Waals surface area contributed by atoms with Crippen molar-refractivity contribution in [2.45, 2.75) is 76.2 Å². The molecule has 2 unspecified atom stereocenters. The van der Waals surface area contributed by atoms with Crippen LogP contribution in [0.15, 0.2) is 0 Å². The SMILES string of the molecule is CC(C)(C)[Si](C)(C)OC1CC(NC(=S)NC(=O)O)CCC1(F)F. The molecule has 1 aliphatic carbocycles. The summed E-state index contributed by atoms with van der Waals surface area (Å²) in [5, 5.41) is 13.2. The van der Waals surface area contributed by atoms with Gasteiger partial charge in [-0.1, -0.05) is 20.8 Å². The number of hydrogen-bond acceptors (Lipinski definition) is 3. The summed E-state index contributed by atoms with van der Waals surface area (Å²) in [6.45, 7) is 9.89. The Labute approximate surface area is 142 Å². The van der Waals surface area contributed by atoms with Crippen LogP contribution in [-0.4, -0.2) is 42.7 Å². The zero-order chi connectivity index (χ0) is 18.1. The highest BCUT2D eigenvalue weighted by Gasteiger charge is 2.50. The van der Waals surface area contributed by atoms with Crippen molar-refractivity contribution in [2.24, 2.45) is 0 Å². The summed E-state index contributed by atoms with van der Waals surface area (Å²) in [5.41, 5.74) is 0. The summed E-state index contributed by atoms with van der Waals surface area (Å²) in [5.74, 6) is -2.88. The Morgan fingerprint density at radius 1 is 1.39 bits per heavy atom. The van der Waals surface area contributed by atoms with Gasteiger partial charge in [0.2, 0.25) is 0 Å². The van der Waals surface area contributed by atoms with Gasteiger partial charge >= 0.3 is 6.09 Å². The summed E-state index contributed by atoms with van der Waals surface area (Å²) in [7, 11) is -2.33. The van der Waals surface area contributed by atoms with E-state index < -0.39 is 26.4 Å². The normalized spacial score (nSPS) is 24.8. The summed E-state index contributed by atoms with van der Waals surface area (Å²) >= 11 is 4.85. The molecule has 0 aromatic rings. The number of nitrogens with one attached hydrogen (secondary N) is 2. The smallest absolute Gasteiger partial charge is 0.410 e. The second-order valence-corrected chi connectivity index (χ2v) is 12.7. The monoisotopic (exact) mass is 368 g/mol. The molecule has 0 aliphatic heterocycles. The van der Waals surface area contributed by atoms with Crippen LogP contribution < -0.4 is 10.6 Å². The van der Waals surface area contributed by atoms with Crippen molar-refractivity contribution >= 4 is 31.7 Å². The maximum absolute atomic E-state index is 14.2. The Bertz CT molecular complexity index is 469. The van der Waals surface area contributed by atoms with Crippen molar-refractivity contribution in [1.29, 1.82) is 0 Å². The van der Waals surface area contributed by atoms with E-state index in [0.29, 0.717) is 0 Å². The quantitative estimate of drug-likeness (QED) is 0.523. The molecular formula is C14H26F2N2O3SSi. The van der Waals surface area contributed by atoms with Crippen molar-refractivity contribution < 1.29 is 23.1 Å². The standard InChI is InChI=1S/C14H26F2N2O3SSi/c1-13(2,3)23(4,5)21-10-8-9(6-7-14(10,15)16)17-11(22)18-12(19)20/h9-10H,6-8H2,1-5H3,(H,19,20)(H2,17,18,22). The number of amides is 1. The van der Waals surface area contributed by atoms with Gasteiger partial charge in [-0.05, 0) is 43.2 Å². The number of rotatable bonds is 3. The predicted octanol–water partition coefficient (Wildman–Crippen LogP) is 3.71. The lowest BCUT2D eigenvalue weighted by Gasteiger charge is -2.44. The summed E-state index contributed by atoms with van der Waals surface area (Å²) in [6, 6.07) is -0.330. The van der Waals surface area contributed by atoms with E-state index in [9.17, 15) is 13.6 Å². The van der Waals surface area contributed by atoms with Gasteiger partial charge in [0, 0.05) is 12.5 Å². The molecule has 134 valence electrons. The van der Waals surface area contributed by atoms with Gasteiger partial charge in [-0.2, -0.15) is 0 Å². The van der Waals surface area contributed by atoms with Crippen molar-refractivity contribution in [2.75, 3.05) is 0 Å². The van der Waals surface area contributed by atoms with Crippen LogP contribution in [-0.2, 0) is 4.43 Å². The number of thiocarbonyl (C=S) groups is 1. The molecule has 0 heterocycles. The van der Waals surface area contributed by atoms with Crippen LogP contribution in [0.2, 0.25) is 18.1 Å². The van der Waals surface area contributed by atoms with Crippen LogP contribution in [0.4, 0.5) is 13.6 Å². The minimum absolute atomic E-state index is 0.0706. The molecule has 1 fully saturated rings. The maximum atomic E-state index is 14.2. The first-order valence-corrected chi connectivity index (χ1v) is 10.9. The summed E-state index contributed by atoms with van der Waals surface area (Å²) in [6.07, 6.45) is -2.45. The zero-order valence-corrected chi connectivity index (χ0v) is 16.0. The lowest BCUT2D eigenvalue weighted by Crippen LogP contribution is -2.55. The van der Waals surface area contributed by atoms with E-state index in [0.717, 1.165) is 0 Å². The second kappa shape index (κ2) is 6.98. The third-order valence-electron chi connectivity index (χ3n) is 4.59. The van der Waals surface area contributed by atoms with Crippen molar-refractivity contribution in [1.82, 2.24) is 10.6 Å². The van der Waals surface area contributed by atoms with Crippen LogP contribution >= 0.6 is 12.2 Å². The zero-order valence-electron chi connectivity index (χ0n) is 14.2. The van der Waals surface area contributed by atoms with Crippen LogP contribution in [0, 0.1) is 0 Å². The minimum Gasteiger partial charge on any atom is -0.465 e. The fraction of sp³-hybridized carbons (Fsp3) is 0.857. The number of carboxylic acid groups (broad SMARTS) is 1. The fourth-order valence-electron chi connectivity index (χ4n) is 2.19. The second-order valence-electron chi connectivity index (χ2n) is 7.50. The van der Waals surface area contributed by atoms with Gasteiger partial charge in [0.05, 0.1) is 0 Å². The number of halogens is 2. The molecule has 2 atom stereocenters. The Kier molecular flexibility index (Phi) is 6.14. The average Bonchev–Trinajstić information content (AvgIpc) is 2.30. The van der Waals surface area contributed by atoms with Gasteiger partial charge in [-0.15, -0.1) is 0 Å². The Morgan fingerprint density at radius 2 is 1.96 bits per heavy atom. The van der Waals surface area contributed by atoms with Gasteiger partial charge in [-0.25, -0.2) is 13.6 Å². The van der Waals surface area contributed by atoms with Gasteiger partial charge in [-0.3, -0.25) is 5.32 Å². The number of carbonyl (C=O) groups is 1. The third kappa shape index (κ3) is 5.65. The molecule has 1 amide bonds. The van der Waals surface area contributed by atoms with E-state index >= 15 is 0 Å². The van der Waals surface area contributed by atoms with Gasteiger partial charge in [0.15, 0.2) is 13.4 Å². The number of hydrogen-bond donors (Lipinski definition) is 3. The predicted molar refractivity (Wildman–Crippen MR) is 91.6 cm³/mol. The topological polar surface area (TPSA) is 70.6 Å². The van der Waals surface area contributed by atoms with Crippen LogP contribution in [0.3, 0.4) is 0 Å². The average molecular weight is 369 g/mol. The van der Waals surface area contributed by atoms with Gasteiger partial charge in [0.25, 0.3) is 5.92 Å². The first-order chi connectivity index (χ1) is 10.2. The van der Waals surface area contributed by atoms with Crippen molar-refractivity contribution in [3.8, 4) is 0 Å². The molecule has 0 aromatic heterocycles. The first-order valence-electron chi connectivity index (χ1n) is 7.61. The molecule has 0 saturated heterocycles. The Balaban J connectivity index is 2.76. The van der Waals surface area contributed by atoms with Gasteiger partial charge < -0.3 is 14.8 Å². The fourth-order valence-corrected chi connectivity index (χ4v) is 3.78. The molecule has 1 aliphatic rings. The number of alkyl halides is 2. The third-order valence-corrected chi connectivity index (χ3v) is 9.30. The van der Waals surface area contributed by atoms with E-state index in [-0.39, 0.29) is 35.5 Å². The molecule has 9 heteroatoms.